The van der Waals surface area contributed by atoms with E-state index in [0.717, 1.165) is 10.6 Å². The largest absolute Gasteiger partial charge is 0.478 e. The van der Waals surface area contributed by atoms with Crippen LogP contribution < -0.4 is 0 Å². The predicted octanol–water partition coefficient (Wildman–Crippen LogP) is 3.15. The second kappa shape index (κ2) is 4.53. The number of aromatic carboxylic acids is 1. The Balaban J connectivity index is 3.04. The van der Waals surface area contributed by atoms with Crippen LogP contribution in [0.4, 0.5) is 0 Å². The first-order valence-electron chi connectivity index (χ1n) is 3.80. The molecule has 0 radical (unpaired) electrons. The van der Waals surface area contributed by atoms with E-state index in [-0.39, 0.29) is 10.6 Å². The van der Waals surface area contributed by atoms with E-state index >= 15 is 0 Å². The summed E-state index contributed by atoms with van der Waals surface area (Å²) in [5.41, 5.74) is 0.167. The van der Waals surface area contributed by atoms with Crippen molar-refractivity contribution in [2.45, 2.75) is 11.8 Å². The van der Waals surface area contributed by atoms with Crippen molar-refractivity contribution in [3.05, 3.63) is 28.8 Å². The molecule has 0 unspecified atom stereocenters. The summed E-state index contributed by atoms with van der Waals surface area (Å²) in [6.45, 7) is 2.01. The number of hydrogen-bond donors (Lipinski definition) is 1. The van der Waals surface area contributed by atoms with Crippen LogP contribution in [0, 0.1) is 0 Å². The Morgan fingerprint density at radius 1 is 1.62 bits per heavy atom. The maximum atomic E-state index is 10.7. The van der Waals surface area contributed by atoms with Crippen molar-refractivity contribution in [2.24, 2.45) is 0 Å². The highest BCUT2D eigenvalue weighted by atomic mass is 35.5. The summed E-state index contributed by atoms with van der Waals surface area (Å²) in [6.07, 6.45) is 0. The van der Waals surface area contributed by atoms with E-state index in [9.17, 15) is 4.79 Å². The highest BCUT2D eigenvalue weighted by Gasteiger charge is 2.08. The monoisotopic (exact) mass is 216 g/mol. The van der Waals surface area contributed by atoms with Crippen molar-refractivity contribution >= 4 is 29.3 Å². The molecule has 0 atom stereocenters. The van der Waals surface area contributed by atoms with Gasteiger partial charge in [0.05, 0.1) is 10.6 Å². The molecule has 0 saturated heterocycles. The van der Waals surface area contributed by atoms with Crippen molar-refractivity contribution in [1.82, 2.24) is 0 Å². The van der Waals surface area contributed by atoms with Crippen LogP contribution in [0.25, 0.3) is 0 Å². The third kappa shape index (κ3) is 2.64. The van der Waals surface area contributed by atoms with Gasteiger partial charge in [-0.05, 0) is 24.0 Å². The van der Waals surface area contributed by atoms with Gasteiger partial charge < -0.3 is 5.11 Å². The molecule has 1 rings (SSSR count). The summed E-state index contributed by atoms with van der Waals surface area (Å²) in [4.78, 5) is 11.6. The number of carbonyl (C=O) groups is 1. The molecular weight excluding hydrogens is 208 g/mol. The summed E-state index contributed by atoms with van der Waals surface area (Å²) < 4.78 is 0. The minimum Gasteiger partial charge on any atom is -0.478 e. The van der Waals surface area contributed by atoms with Crippen molar-refractivity contribution in [3.63, 3.8) is 0 Å². The maximum Gasteiger partial charge on any atom is 0.337 e. The van der Waals surface area contributed by atoms with Gasteiger partial charge in [0.15, 0.2) is 0 Å². The number of hydrogen-bond acceptors (Lipinski definition) is 2. The van der Waals surface area contributed by atoms with Crippen LogP contribution in [0.15, 0.2) is 23.1 Å². The Bertz CT molecular complexity index is 325. The van der Waals surface area contributed by atoms with Gasteiger partial charge in [0.2, 0.25) is 0 Å². The molecule has 13 heavy (non-hydrogen) atoms. The number of rotatable bonds is 3. The lowest BCUT2D eigenvalue weighted by Gasteiger charge is -2.02. The van der Waals surface area contributed by atoms with Gasteiger partial charge in [-0.25, -0.2) is 4.79 Å². The van der Waals surface area contributed by atoms with E-state index in [2.05, 4.69) is 0 Å². The SMILES string of the molecule is CCSc1ccc(Cl)c(C(=O)O)c1. The molecule has 0 heterocycles. The van der Waals surface area contributed by atoms with Gasteiger partial charge in [-0.3, -0.25) is 0 Å². The second-order valence-electron chi connectivity index (χ2n) is 2.38. The molecule has 2 nitrogen and oxygen atoms in total. The van der Waals surface area contributed by atoms with E-state index in [1.54, 1.807) is 23.9 Å². The summed E-state index contributed by atoms with van der Waals surface area (Å²) in [7, 11) is 0. The van der Waals surface area contributed by atoms with Gasteiger partial charge in [0.25, 0.3) is 0 Å². The molecule has 0 bridgehead atoms. The fourth-order valence-electron chi connectivity index (χ4n) is 0.925. The minimum absolute atomic E-state index is 0.167. The standard InChI is InChI=1S/C9H9ClO2S/c1-2-13-6-3-4-8(10)7(5-6)9(11)12/h3-5H,2H2,1H3,(H,11,12). The molecule has 0 amide bonds. The van der Waals surface area contributed by atoms with Gasteiger partial charge >= 0.3 is 5.97 Å². The topological polar surface area (TPSA) is 37.3 Å². The molecule has 0 aliphatic rings. The van der Waals surface area contributed by atoms with Crippen LogP contribution in [0.1, 0.15) is 17.3 Å². The number of thioether (sulfide) groups is 1. The highest BCUT2D eigenvalue weighted by molar-refractivity contribution is 7.99. The van der Waals surface area contributed by atoms with E-state index in [1.807, 2.05) is 13.0 Å². The van der Waals surface area contributed by atoms with Gasteiger partial charge in [-0.2, -0.15) is 0 Å². The number of benzene rings is 1. The molecule has 4 heteroatoms. The fourth-order valence-corrected chi connectivity index (χ4v) is 1.82. The van der Waals surface area contributed by atoms with E-state index < -0.39 is 5.97 Å². The van der Waals surface area contributed by atoms with E-state index in [0.29, 0.717) is 0 Å². The fraction of sp³-hybridized carbons (Fsp3) is 0.222. The Morgan fingerprint density at radius 2 is 2.31 bits per heavy atom. The Kier molecular flexibility index (Phi) is 3.63. The molecule has 1 aromatic rings. The van der Waals surface area contributed by atoms with Crippen LogP contribution in [0.2, 0.25) is 5.02 Å². The van der Waals surface area contributed by atoms with Crippen molar-refractivity contribution in [1.29, 1.82) is 0 Å². The van der Waals surface area contributed by atoms with E-state index in [4.69, 9.17) is 16.7 Å². The smallest absolute Gasteiger partial charge is 0.337 e. The van der Waals surface area contributed by atoms with Crippen LogP contribution in [0.3, 0.4) is 0 Å². The molecule has 1 aromatic carbocycles. The Hall–Kier alpha value is -0.670. The molecule has 70 valence electrons. The average Bonchev–Trinajstić information content (AvgIpc) is 2.08. The maximum absolute atomic E-state index is 10.7. The Labute approximate surface area is 85.9 Å². The predicted molar refractivity (Wildman–Crippen MR) is 54.8 cm³/mol. The molecule has 0 aliphatic heterocycles. The molecule has 0 aliphatic carbocycles. The third-order valence-corrected chi connectivity index (χ3v) is 2.68. The second-order valence-corrected chi connectivity index (χ2v) is 4.12. The van der Waals surface area contributed by atoms with Crippen LogP contribution >= 0.6 is 23.4 Å². The lowest BCUT2D eigenvalue weighted by molar-refractivity contribution is 0.0697. The highest BCUT2D eigenvalue weighted by Crippen LogP contribution is 2.24. The van der Waals surface area contributed by atoms with Crippen LogP contribution in [0.5, 0.6) is 0 Å². The summed E-state index contributed by atoms with van der Waals surface area (Å²) in [5, 5.41) is 9.05. The van der Waals surface area contributed by atoms with Crippen molar-refractivity contribution in [2.75, 3.05) is 5.75 Å². The van der Waals surface area contributed by atoms with Crippen LogP contribution in [-0.4, -0.2) is 16.8 Å². The molecule has 0 spiro atoms. The lowest BCUT2D eigenvalue weighted by Crippen LogP contribution is -1.97. The average molecular weight is 217 g/mol. The van der Waals surface area contributed by atoms with E-state index in [1.165, 1.54) is 0 Å². The summed E-state index contributed by atoms with van der Waals surface area (Å²) in [5.74, 6) is -0.0655. The van der Waals surface area contributed by atoms with Gasteiger partial charge in [0, 0.05) is 4.90 Å². The zero-order valence-electron chi connectivity index (χ0n) is 7.08. The van der Waals surface area contributed by atoms with Crippen molar-refractivity contribution in [3.8, 4) is 0 Å². The quantitative estimate of drug-likeness (QED) is 0.789. The number of halogens is 1. The number of carboxylic acid groups (broad SMARTS) is 1. The normalized spacial score (nSPS) is 10.0. The van der Waals surface area contributed by atoms with Crippen molar-refractivity contribution < 1.29 is 9.90 Å². The minimum atomic E-state index is -0.983. The first kappa shape index (κ1) is 10.4. The molecule has 1 N–H and O–H groups in total. The van der Waals surface area contributed by atoms with Gasteiger partial charge in [0.1, 0.15) is 0 Å². The summed E-state index contributed by atoms with van der Waals surface area (Å²) in [6, 6.07) is 5.03. The molecule has 0 fully saturated rings. The first-order chi connectivity index (χ1) is 6.15. The Morgan fingerprint density at radius 3 is 2.85 bits per heavy atom. The van der Waals surface area contributed by atoms with Gasteiger partial charge in [-0.15, -0.1) is 11.8 Å². The van der Waals surface area contributed by atoms with Gasteiger partial charge in [-0.1, -0.05) is 18.5 Å². The third-order valence-electron chi connectivity index (χ3n) is 1.48. The molecule has 0 saturated carbocycles. The summed E-state index contributed by atoms with van der Waals surface area (Å²) >= 11 is 7.29. The zero-order chi connectivity index (χ0) is 9.84. The zero-order valence-corrected chi connectivity index (χ0v) is 8.65. The number of carboxylic acids is 1. The van der Waals surface area contributed by atoms with Crippen LogP contribution in [-0.2, 0) is 0 Å². The molecular formula is C9H9ClO2S. The lowest BCUT2D eigenvalue weighted by atomic mass is 10.2. The molecule has 0 aromatic heterocycles. The first-order valence-corrected chi connectivity index (χ1v) is 5.17.